The van der Waals surface area contributed by atoms with Crippen molar-refractivity contribution in [2.75, 3.05) is 0 Å². The van der Waals surface area contributed by atoms with Gasteiger partial charge >= 0.3 is 0 Å². The molecule has 0 amide bonds. The average molecular weight is 421 g/mol. The van der Waals surface area contributed by atoms with Gasteiger partial charge in [0.25, 0.3) is 0 Å². The lowest BCUT2D eigenvalue weighted by molar-refractivity contribution is 1.02. The van der Waals surface area contributed by atoms with Crippen LogP contribution in [0.25, 0.3) is 10.8 Å². The normalized spacial score (nSPS) is 14.8. The zero-order valence-corrected chi connectivity index (χ0v) is 21.5. The fraction of sp³-hybridized carbons (Fsp3) is 0.360. The first-order valence-corrected chi connectivity index (χ1v) is 21.1. The van der Waals surface area contributed by atoms with E-state index in [1.165, 1.54) is 29.3 Å². The van der Waals surface area contributed by atoms with E-state index in [9.17, 15) is 0 Å². The minimum atomic E-state index is -1.84. The molecule has 0 fully saturated rings. The third-order valence-electron chi connectivity index (χ3n) is 6.76. The van der Waals surface area contributed by atoms with Crippen LogP contribution in [0.15, 0.2) is 72.8 Å². The molecule has 3 rings (SSSR count). The Hall–Kier alpha value is -1.43. The Bertz CT molecular complexity index is 920. The molecule has 0 saturated carbocycles. The Morgan fingerprint density at radius 3 is 1.89 bits per heavy atom. The molecular formula is C25H36Si3. The van der Waals surface area contributed by atoms with Gasteiger partial charge in [0.1, 0.15) is 7.59 Å². The monoisotopic (exact) mass is 420 g/mol. The quantitative estimate of drug-likeness (QED) is 0.380. The van der Waals surface area contributed by atoms with Crippen LogP contribution >= 0.6 is 0 Å². The maximum absolute atomic E-state index is 2.68. The molecule has 0 aliphatic carbocycles. The summed E-state index contributed by atoms with van der Waals surface area (Å²) in [7, 11) is -4.31. The van der Waals surface area contributed by atoms with E-state index in [4.69, 9.17) is 0 Å². The largest absolute Gasteiger partial charge is 0.108 e. The fourth-order valence-electron chi connectivity index (χ4n) is 4.65. The maximum Gasteiger partial charge on any atom is 0.108 e. The summed E-state index contributed by atoms with van der Waals surface area (Å²) in [5, 5.41) is 6.15. The lowest BCUT2D eigenvalue weighted by Gasteiger charge is -2.43. The predicted octanol–water partition coefficient (Wildman–Crippen LogP) is 6.55. The van der Waals surface area contributed by atoms with Gasteiger partial charge in [0, 0.05) is 8.07 Å². The first-order valence-electron chi connectivity index (χ1n) is 10.7. The fourth-order valence-corrected chi connectivity index (χ4v) is 19.4. The Labute approximate surface area is 174 Å². The lowest BCUT2D eigenvalue weighted by Crippen LogP contribution is -2.72. The van der Waals surface area contributed by atoms with E-state index < -0.39 is 23.3 Å². The van der Waals surface area contributed by atoms with Crippen molar-refractivity contribution in [1.82, 2.24) is 0 Å². The molecule has 0 nitrogen and oxygen atoms in total. The van der Waals surface area contributed by atoms with Gasteiger partial charge in [0.2, 0.25) is 0 Å². The standard InChI is InChI=1S/C25H36Si3/c1-26(2,3)20-13-21-27(4,5)28(6,23-16-8-7-9-17-23)25-19-12-15-22-14-10-11-18-24(22)25/h7-12,14-19H,13,20-21H2,1-6H3. The van der Waals surface area contributed by atoms with Crippen molar-refractivity contribution in [2.24, 2.45) is 0 Å². The third-order valence-corrected chi connectivity index (χ3v) is 26.5. The zero-order valence-electron chi connectivity index (χ0n) is 18.5. The molecule has 3 aromatic rings. The van der Waals surface area contributed by atoms with E-state index in [-0.39, 0.29) is 0 Å². The Balaban J connectivity index is 2.13. The molecule has 0 N–H and O–H groups in total. The second-order valence-corrected chi connectivity index (χ2v) is 30.6. The van der Waals surface area contributed by atoms with Gasteiger partial charge in [-0.15, -0.1) is 0 Å². The van der Waals surface area contributed by atoms with Crippen LogP contribution in [0.2, 0.25) is 51.4 Å². The van der Waals surface area contributed by atoms with Crippen molar-refractivity contribution >= 4 is 44.4 Å². The Morgan fingerprint density at radius 2 is 1.21 bits per heavy atom. The van der Waals surface area contributed by atoms with Gasteiger partial charge in [0.15, 0.2) is 0 Å². The van der Waals surface area contributed by atoms with E-state index in [0.717, 1.165) is 0 Å². The number of hydrogen-bond donors (Lipinski definition) is 0. The summed E-state index contributed by atoms with van der Waals surface area (Å²) in [5.41, 5.74) is 0. The Kier molecular flexibility index (Phi) is 6.18. The first-order chi connectivity index (χ1) is 13.2. The highest BCUT2D eigenvalue weighted by Crippen LogP contribution is 2.29. The minimum absolute atomic E-state index is 0.981. The molecule has 0 aliphatic rings. The SMILES string of the molecule is C[Si](C)(C)CCC[Si](C)(C)[Si](C)(c1ccccc1)c1cccc2ccccc12. The highest BCUT2D eigenvalue weighted by Gasteiger charge is 2.47. The van der Waals surface area contributed by atoms with Gasteiger partial charge < -0.3 is 0 Å². The van der Waals surface area contributed by atoms with Gasteiger partial charge in [-0.25, -0.2) is 0 Å². The Morgan fingerprint density at radius 1 is 0.607 bits per heavy atom. The van der Waals surface area contributed by atoms with Crippen molar-refractivity contribution in [3.8, 4) is 0 Å². The first kappa shape index (κ1) is 21.3. The van der Waals surface area contributed by atoms with Crippen molar-refractivity contribution in [2.45, 2.75) is 57.8 Å². The second kappa shape index (κ2) is 8.13. The van der Waals surface area contributed by atoms with Gasteiger partial charge in [-0.3, -0.25) is 0 Å². The van der Waals surface area contributed by atoms with E-state index in [0.29, 0.717) is 0 Å². The maximum atomic E-state index is 2.68. The van der Waals surface area contributed by atoms with Gasteiger partial charge in [-0.1, -0.05) is 136 Å². The minimum Gasteiger partial charge on any atom is -0.0707 e. The molecule has 3 heteroatoms. The molecule has 0 radical (unpaired) electrons. The molecule has 0 saturated heterocycles. The molecule has 1 atom stereocenters. The molecule has 148 valence electrons. The summed E-state index contributed by atoms with van der Waals surface area (Å²) in [6.45, 7) is 15.6. The topological polar surface area (TPSA) is 0 Å². The molecule has 28 heavy (non-hydrogen) atoms. The van der Waals surface area contributed by atoms with E-state index in [1.807, 2.05) is 0 Å². The van der Waals surface area contributed by atoms with Crippen LogP contribution in [0.5, 0.6) is 0 Å². The van der Waals surface area contributed by atoms with Crippen molar-refractivity contribution in [3.63, 3.8) is 0 Å². The van der Waals surface area contributed by atoms with Crippen LogP contribution in [0.1, 0.15) is 6.42 Å². The summed E-state index contributed by atoms with van der Waals surface area (Å²) in [6.07, 6.45) is 1.41. The summed E-state index contributed by atoms with van der Waals surface area (Å²) in [6, 6.07) is 30.4. The molecule has 3 aromatic carbocycles. The van der Waals surface area contributed by atoms with Crippen LogP contribution in [-0.2, 0) is 0 Å². The van der Waals surface area contributed by atoms with E-state index >= 15 is 0 Å². The zero-order chi connectivity index (χ0) is 20.4. The van der Waals surface area contributed by atoms with Gasteiger partial charge in [-0.2, -0.15) is 0 Å². The summed E-state index contributed by atoms with van der Waals surface area (Å²) >= 11 is 0. The smallest absolute Gasteiger partial charge is 0.0707 e. The average Bonchev–Trinajstić information content (AvgIpc) is 2.66. The summed E-state index contributed by atoms with van der Waals surface area (Å²) < 4.78 is 0. The van der Waals surface area contributed by atoms with Crippen LogP contribution in [0, 0.1) is 0 Å². The number of hydrogen-bond acceptors (Lipinski definition) is 0. The number of rotatable bonds is 7. The van der Waals surface area contributed by atoms with Gasteiger partial charge in [0.05, 0.1) is 7.59 Å². The summed E-state index contributed by atoms with van der Waals surface area (Å²) in [5.74, 6) is 0. The van der Waals surface area contributed by atoms with Crippen molar-refractivity contribution < 1.29 is 0 Å². The van der Waals surface area contributed by atoms with Crippen LogP contribution in [0.4, 0.5) is 0 Å². The molecule has 0 spiro atoms. The molecule has 0 aromatic heterocycles. The highest BCUT2D eigenvalue weighted by molar-refractivity contribution is 7.51. The molecule has 0 aliphatic heterocycles. The highest BCUT2D eigenvalue weighted by atomic mass is 29.3. The van der Waals surface area contributed by atoms with E-state index in [2.05, 4.69) is 112 Å². The predicted molar refractivity (Wildman–Crippen MR) is 136 cm³/mol. The van der Waals surface area contributed by atoms with Crippen molar-refractivity contribution in [1.29, 1.82) is 0 Å². The third kappa shape index (κ3) is 4.27. The molecule has 1 unspecified atom stereocenters. The lowest BCUT2D eigenvalue weighted by atomic mass is 10.1. The van der Waals surface area contributed by atoms with Crippen molar-refractivity contribution in [3.05, 3.63) is 72.8 Å². The van der Waals surface area contributed by atoms with Crippen LogP contribution < -0.4 is 10.4 Å². The number of fused-ring (bicyclic) bond motifs is 1. The van der Waals surface area contributed by atoms with Crippen LogP contribution in [-0.4, -0.2) is 23.3 Å². The van der Waals surface area contributed by atoms with Gasteiger partial charge in [-0.05, 0) is 16.0 Å². The molecular weight excluding hydrogens is 385 g/mol. The number of benzene rings is 3. The molecule has 0 bridgehead atoms. The van der Waals surface area contributed by atoms with Crippen LogP contribution in [0.3, 0.4) is 0 Å². The second-order valence-electron chi connectivity index (χ2n) is 10.3. The van der Waals surface area contributed by atoms with E-state index in [1.54, 1.807) is 10.4 Å². The summed E-state index contributed by atoms with van der Waals surface area (Å²) in [4.78, 5) is 0. The molecule has 0 heterocycles.